The topological polar surface area (TPSA) is 84.4 Å². The highest BCUT2D eigenvalue weighted by atomic mass is 19.1. The van der Waals surface area contributed by atoms with Crippen molar-refractivity contribution in [3.8, 4) is 0 Å². The molecule has 0 bridgehead atoms. The Morgan fingerprint density at radius 3 is 3.03 bits per heavy atom. The average molecular weight is 440 g/mol. The molecule has 1 saturated heterocycles. The monoisotopic (exact) mass is 439 g/mol. The Morgan fingerprint density at radius 1 is 1.42 bits per heavy atom. The van der Waals surface area contributed by atoms with Crippen molar-refractivity contribution in [2.75, 3.05) is 19.5 Å². The molecule has 0 radical (unpaired) electrons. The van der Waals surface area contributed by atoms with Gasteiger partial charge in [-0.25, -0.2) is 9.37 Å². The van der Waals surface area contributed by atoms with Crippen LogP contribution in [0.15, 0.2) is 27.4 Å². The first-order valence-electron chi connectivity index (χ1n) is 16.2. The molecule has 1 atom stereocenters. The molecule has 4 heterocycles. The zero-order chi connectivity index (χ0) is 33.2. The van der Waals surface area contributed by atoms with Gasteiger partial charge in [-0.1, -0.05) is 5.16 Å². The smallest absolute Gasteiger partial charge is 0.257 e. The van der Waals surface area contributed by atoms with Crippen LogP contribution in [-0.2, 0) is 13.0 Å². The third kappa shape index (κ3) is 3.78. The molecule has 2 aliphatic rings. The van der Waals surface area contributed by atoms with Crippen LogP contribution in [0.4, 0.5) is 4.39 Å². The fraction of sp³-hybridized carbons (Fsp3) is 0.522. The molecule has 5 rings (SSSR count). The number of benzene rings is 1. The fourth-order valence-corrected chi connectivity index (χ4v) is 3.60. The first kappa shape index (κ1) is 10.4. The van der Waals surface area contributed by atoms with Crippen LogP contribution in [0.3, 0.4) is 0 Å². The average Bonchev–Trinajstić information content (AvgIpc) is 3.37. The lowest BCUT2D eigenvalue weighted by atomic mass is 9.91. The van der Waals surface area contributed by atoms with Crippen LogP contribution in [0.2, 0.25) is 0 Å². The fourth-order valence-electron chi connectivity index (χ4n) is 3.60. The molecule has 1 aromatic carbocycles. The first-order valence-corrected chi connectivity index (χ1v) is 9.66. The van der Waals surface area contributed by atoms with E-state index in [1.807, 2.05) is 0 Å². The zero-order valence-electron chi connectivity index (χ0n) is 29.5. The molecular weight excluding hydrogens is 399 g/mol. The Bertz CT molecular complexity index is 1730. The van der Waals surface area contributed by atoms with E-state index in [2.05, 4.69) is 10.1 Å². The van der Waals surface area contributed by atoms with Gasteiger partial charge in [0, 0.05) is 54.0 Å². The minimum atomic E-state index is -3.70. The van der Waals surface area contributed by atoms with E-state index in [4.69, 9.17) is 22.3 Å². The summed E-state index contributed by atoms with van der Waals surface area (Å²) in [5.41, 5.74) is -2.64. The van der Waals surface area contributed by atoms with Gasteiger partial charge >= 0.3 is 0 Å². The van der Waals surface area contributed by atoms with E-state index in [0.717, 1.165) is 4.57 Å². The number of piperidine rings is 1. The van der Waals surface area contributed by atoms with Crippen LogP contribution in [0, 0.1) is 12.7 Å². The lowest BCUT2D eigenvalue weighted by Crippen LogP contribution is -2.37. The second-order valence-corrected chi connectivity index (χ2v) is 7.18. The summed E-state index contributed by atoms with van der Waals surface area (Å²) >= 11 is 0. The Labute approximate surface area is 197 Å². The van der Waals surface area contributed by atoms with Gasteiger partial charge < -0.3 is 14.5 Å². The second-order valence-electron chi connectivity index (χ2n) is 7.18. The van der Waals surface area contributed by atoms with Crippen molar-refractivity contribution in [3.05, 3.63) is 57.1 Å². The van der Waals surface area contributed by atoms with Crippen molar-refractivity contribution >= 4 is 11.0 Å². The minimum Gasteiger partial charge on any atom is -0.385 e. The molecule has 31 heavy (non-hydrogen) atoms. The molecule has 7 nitrogen and oxygen atoms in total. The highest BCUT2D eigenvalue weighted by Crippen LogP contribution is 2.32. The van der Waals surface area contributed by atoms with Crippen LogP contribution in [-0.4, -0.2) is 44.3 Å². The maximum Gasteiger partial charge on any atom is 0.257 e. The Kier molecular flexibility index (Phi) is 2.73. The molecule has 0 spiro atoms. The molecule has 164 valence electrons. The highest BCUT2D eigenvalue weighted by molar-refractivity contribution is 5.79. The number of aryl methyl sites for hydroxylation is 1. The molecule has 3 aromatic rings. The van der Waals surface area contributed by atoms with Crippen LogP contribution >= 0.6 is 0 Å². The summed E-state index contributed by atoms with van der Waals surface area (Å²) in [4.78, 5) is 17.7. The van der Waals surface area contributed by atoms with E-state index in [-0.39, 0.29) is 41.4 Å². The zero-order valence-corrected chi connectivity index (χ0v) is 16.5. The van der Waals surface area contributed by atoms with E-state index in [9.17, 15) is 14.3 Å². The highest BCUT2D eigenvalue weighted by Gasteiger charge is 2.26. The van der Waals surface area contributed by atoms with Crippen LogP contribution < -0.4 is 5.56 Å². The molecule has 1 unspecified atom stereocenters. The van der Waals surface area contributed by atoms with Gasteiger partial charge in [-0.05, 0) is 64.0 Å². The van der Waals surface area contributed by atoms with E-state index >= 15 is 0 Å². The number of hydrogen-bond acceptors (Lipinski definition) is 6. The number of hydrogen-bond donors (Lipinski definition) is 1. The van der Waals surface area contributed by atoms with Crippen LogP contribution in [0.5, 0.6) is 0 Å². The number of aromatic nitrogens is 3. The molecule has 1 fully saturated rings. The van der Waals surface area contributed by atoms with Crippen LogP contribution in [0.25, 0.3) is 11.0 Å². The van der Waals surface area contributed by atoms with Gasteiger partial charge in [-0.15, -0.1) is 0 Å². The van der Waals surface area contributed by atoms with E-state index in [1.165, 1.54) is 6.92 Å². The lowest BCUT2D eigenvalue weighted by Gasteiger charge is -2.31. The SMILES string of the molecule is [2H]c1c(F)c([2H])c2onc(C3([2H])C([2H])([2H])C([2H])([2H])N(CCc4c(C)nc5n(c4=O)CCCC5([2H])O)C([2H])([2H])C3([2H])[2H])c2c1[2H]. The summed E-state index contributed by atoms with van der Waals surface area (Å²) in [6, 6.07) is -3.29. The summed E-state index contributed by atoms with van der Waals surface area (Å²) in [6.45, 7) is -6.30. The molecule has 0 saturated carbocycles. The molecule has 0 aliphatic carbocycles. The Hall–Kier alpha value is -2.58. The summed E-state index contributed by atoms with van der Waals surface area (Å²) in [5.74, 6) is -5.32. The summed E-state index contributed by atoms with van der Waals surface area (Å²) in [7, 11) is 0. The van der Waals surface area contributed by atoms with Gasteiger partial charge in [-0.3, -0.25) is 9.36 Å². The summed E-state index contributed by atoms with van der Waals surface area (Å²) in [5, 5.41) is 13.0. The first-order chi connectivity index (χ1) is 20.0. The molecule has 2 aromatic heterocycles. The van der Waals surface area contributed by atoms with Gasteiger partial charge in [-0.2, -0.15) is 0 Å². The van der Waals surface area contributed by atoms with E-state index in [1.54, 1.807) is 0 Å². The van der Waals surface area contributed by atoms with Gasteiger partial charge in [0.1, 0.15) is 17.7 Å². The van der Waals surface area contributed by atoms with Crippen molar-refractivity contribution in [3.63, 3.8) is 0 Å². The van der Waals surface area contributed by atoms with Crippen molar-refractivity contribution in [1.29, 1.82) is 0 Å². The minimum absolute atomic E-state index is 0.0368. The second kappa shape index (κ2) is 8.16. The third-order valence-corrected chi connectivity index (χ3v) is 5.19. The Balaban J connectivity index is 1.64. The number of rotatable bonds is 4. The van der Waals surface area contributed by atoms with Crippen molar-refractivity contribution < 1.29 is 31.8 Å². The van der Waals surface area contributed by atoms with Crippen molar-refractivity contribution in [2.24, 2.45) is 0 Å². The van der Waals surface area contributed by atoms with Gasteiger partial charge in [0.2, 0.25) is 0 Å². The lowest BCUT2D eigenvalue weighted by molar-refractivity contribution is 0.129. The van der Waals surface area contributed by atoms with Crippen molar-refractivity contribution in [2.45, 2.75) is 57.5 Å². The normalized spacial score (nSPS) is 36.3. The maximum atomic E-state index is 14.3. The summed E-state index contributed by atoms with van der Waals surface area (Å²) in [6.07, 6.45) is -9.67. The molecule has 2 aliphatic heterocycles. The molecular formula is C23H27FN4O3. The van der Waals surface area contributed by atoms with Gasteiger partial charge in [0.15, 0.2) is 5.58 Å². The number of halogens is 1. The van der Waals surface area contributed by atoms with Crippen molar-refractivity contribution in [1.82, 2.24) is 19.6 Å². The predicted molar refractivity (Wildman–Crippen MR) is 114 cm³/mol. The Morgan fingerprint density at radius 2 is 2.23 bits per heavy atom. The number of aliphatic hydroxyl groups is 1. The number of likely N-dealkylation sites (tertiary alicyclic amines) is 1. The van der Waals surface area contributed by atoms with E-state index in [0.29, 0.717) is 0 Å². The van der Waals surface area contributed by atoms with Gasteiger partial charge in [0.05, 0.1) is 11.2 Å². The third-order valence-electron chi connectivity index (χ3n) is 5.19. The maximum absolute atomic E-state index is 14.3. The van der Waals surface area contributed by atoms with E-state index < -0.39 is 96.8 Å². The standard InChI is InChI=1S/C23H27FN4O3/c1-14-17(23(30)28-9-2-3-19(29)22(28)25-14)8-12-27-10-6-15(7-11-27)21-18-5-4-16(24)13-20(18)31-26-21/h4-5,13,15,19,29H,2-3,6-12H2,1H3/i4D,5D,6D2,7D2,10D2,11D2,13D,15D,19D. The molecule has 1 N–H and O–H groups in total. The number of fused-ring (bicyclic) bond motifs is 2. The molecule has 0 amide bonds. The van der Waals surface area contributed by atoms with Crippen LogP contribution in [0.1, 0.15) is 78.2 Å². The largest absolute Gasteiger partial charge is 0.385 e. The molecule has 8 heteroatoms. The predicted octanol–water partition coefficient (Wildman–Crippen LogP) is 3.08. The summed E-state index contributed by atoms with van der Waals surface area (Å²) < 4.78 is 131. The van der Waals surface area contributed by atoms with Gasteiger partial charge in [0.25, 0.3) is 5.56 Å². The quantitative estimate of drug-likeness (QED) is 0.673. The number of nitrogens with zero attached hydrogens (tertiary/aromatic N) is 4.